The first-order valence-corrected chi connectivity index (χ1v) is 12.3. The quantitative estimate of drug-likeness (QED) is 0.296. The Morgan fingerprint density at radius 3 is 2.71 bits per heavy atom. The van der Waals surface area contributed by atoms with Gasteiger partial charge in [-0.15, -0.1) is 0 Å². The van der Waals surface area contributed by atoms with Crippen LogP contribution in [0, 0.1) is 10.1 Å². The van der Waals surface area contributed by atoms with Crippen molar-refractivity contribution in [2.75, 3.05) is 6.54 Å². The summed E-state index contributed by atoms with van der Waals surface area (Å²) in [4.78, 5) is 28.7. The van der Waals surface area contributed by atoms with Crippen LogP contribution < -0.4 is 5.32 Å². The fourth-order valence-electron chi connectivity index (χ4n) is 5.97. The molecule has 3 heterocycles. The van der Waals surface area contributed by atoms with Gasteiger partial charge in [0.25, 0.3) is 11.6 Å². The summed E-state index contributed by atoms with van der Waals surface area (Å²) >= 11 is 0. The molecule has 0 unspecified atom stereocenters. The summed E-state index contributed by atoms with van der Waals surface area (Å²) < 4.78 is 8.32. The second-order valence-corrected chi connectivity index (χ2v) is 9.99. The molecule has 2 aliphatic carbocycles. The first-order chi connectivity index (χ1) is 17.0. The van der Waals surface area contributed by atoms with E-state index in [1.807, 2.05) is 30.3 Å². The zero-order chi connectivity index (χ0) is 23.7. The van der Waals surface area contributed by atoms with Gasteiger partial charge in [-0.25, -0.2) is 4.98 Å². The van der Waals surface area contributed by atoms with Crippen LogP contribution in [0.2, 0.25) is 0 Å². The highest BCUT2D eigenvalue weighted by Gasteiger charge is 2.44. The van der Waals surface area contributed by atoms with E-state index < -0.39 is 0 Å². The normalized spacial score (nSPS) is 18.9. The number of nitro groups is 1. The highest BCUT2D eigenvalue weighted by atomic mass is 16.6. The van der Waals surface area contributed by atoms with Crippen molar-refractivity contribution in [2.45, 2.75) is 50.5 Å². The van der Waals surface area contributed by atoms with Crippen molar-refractivity contribution in [3.05, 3.63) is 63.8 Å². The second kappa shape index (κ2) is 7.28. The fourth-order valence-corrected chi connectivity index (χ4v) is 5.97. The van der Waals surface area contributed by atoms with Gasteiger partial charge in [-0.2, -0.15) is 0 Å². The largest absolute Gasteiger partial charge is 0.436 e. The number of amides is 1. The van der Waals surface area contributed by atoms with Crippen molar-refractivity contribution in [1.82, 2.24) is 14.9 Å². The fraction of sp³-hybridized carbons (Fsp3) is 0.333. The Morgan fingerprint density at radius 1 is 1.09 bits per heavy atom. The van der Waals surface area contributed by atoms with Crippen molar-refractivity contribution < 1.29 is 14.1 Å². The van der Waals surface area contributed by atoms with Crippen LogP contribution in [0.25, 0.3) is 39.0 Å². The van der Waals surface area contributed by atoms with Crippen molar-refractivity contribution >= 4 is 39.2 Å². The number of benzene rings is 2. The second-order valence-electron chi connectivity index (χ2n) is 9.99. The average Bonchev–Trinajstić information content (AvgIpc) is 3.45. The molecule has 3 aliphatic rings. The highest BCUT2D eigenvalue weighted by Crippen LogP contribution is 2.45. The summed E-state index contributed by atoms with van der Waals surface area (Å²) in [5.41, 5.74) is 4.92. The van der Waals surface area contributed by atoms with Gasteiger partial charge in [-0.3, -0.25) is 14.9 Å². The molecular formula is C27H24N4O4. The number of nitro benzene ring substituents is 1. The SMILES string of the molecule is O=C1NCC2(CCC2)n2c1cc1ccc(-c3nc4c([N+](=O)[O-])cc(C5=CCCCC5)cc4o3)cc12. The molecule has 0 saturated heterocycles. The van der Waals surface area contributed by atoms with Gasteiger partial charge < -0.3 is 14.3 Å². The molecule has 4 aromatic rings. The van der Waals surface area contributed by atoms with E-state index in [1.54, 1.807) is 6.07 Å². The molecule has 8 heteroatoms. The predicted molar refractivity (Wildman–Crippen MR) is 132 cm³/mol. The molecule has 1 aliphatic heterocycles. The molecule has 0 radical (unpaired) electrons. The van der Waals surface area contributed by atoms with E-state index in [1.165, 1.54) is 0 Å². The topological polar surface area (TPSA) is 103 Å². The van der Waals surface area contributed by atoms with Gasteiger partial charge in [0.05, 0.1) is 16.0 Å². The summed E-state index contributed by atoms with van der Waals surface area (Å²) in [5.74, 6) is 0.292. The molecule has 1 saturated carbocycles. The van der Waals surface area contributed by atoms with E-state index >= 15 is 0 Å². The van der Waals surface area contributed by atoms with Gasteiger partial charge in [0, 0.05) is 23.6 Å². The molecule has 35 heavy (non-hydrogen) atoms. The molecule has 1 amide bonds. The number of rotatable bonds is 3. The maximum atomic E-state index is 12.6. The van der Waals surface area contributed by atoms with Gasteiger partial charge in [0.15, 0.2) is 11.1 Å². The lowest BCUT2D eigenvalue weighted by Gasteiger charge is -2.47. The summed E-state index contributed by atoms with van der Waals surface area (Å²) in [7, 11) is 0. The molecule has 1 N–H and O–H groups in total. The molecule has 1 fully saturated rings. The van der Waals surface area contributed by atoms with Crippen molar-refractivity contribution in [2.24, 2.45) is 0 Å². The van der Waals surface area contributed by atoms with Crippen LogP contribution in [-0.4, -0.2) is 26.9 Å². The van der Waals surface area contributed by atoms with Gasteiger partial charge in [-0.1, -0.05) is 12.1 Å². The lowest BCUT2D eigenvalue weighted by atomic mass is 9.75. The number of carbonyl (C=O) groups excluding carboxylic acids is 1. The summed E-state index contributed by atoms with van der Waals surface area (Å²) in [6.07, 6.45) is 9.50. The van der Waals surface area contributed by atoms with E-state index in [4.69, 9.17) is 4.42 Å². The number of hydrogen-bond acceptors (Lipinski definition) is 5. The van der Waals surface area contributed by atoms with Crippen molar-refractivity contribution in [3.8, 4) is 11.5 Å². The first kappa shape index (κ1) is 20.4. The third-order valence-electron chi connectivity index (χ3n) is 7.95. The Morgan fingerprint density at radius 2 is 1.97 bits per heavy atom. The lowest BCUT2D eigenvalue weighted by molar-refractivity contribution is -0.383. The average molecular weight is 469 g/mol. The van der Waals surface area contributed by atoms with E-state index in [9.17, 15) is 14.9 Å². The lowest BCUT2D eigenvalue weighted by Crippen LogP contribution is -2.55. The van der Waals surface area contributed by atoms with Crippen molar-refractivity contribution in [1.29, 1.82) is 0 Å². The molecular weight excluding hydrogens is 444 g/mol. The van der Waals surface area contributed by atoms with Gasteiger partial charge in [0.2, 0.25) is 5.89 Å². The summed E-state index contributed by atoms with van der Waals surface area (Å²) in [6, 6.07) is 11.3. The molecule has 2 aromatic carbocycles. The standard InChI is InChI=1S/C27H24N4O4/c32-25-22-11-17-7-8-18(12-20(17)30(22)27(15-28-25)9-4-10-27)26-29-24-21(31(33)34)13-19(14-23(24)35-26)16-5-2-1-3-6-16/h5,7-8,11-14H,1-4,6,9-10,15H2,(H,28,32). The van der Waals surface area contributed by atoms with Crippen LogP contribution in [0.5, 0.6) is 0 Å². The number of oxazole rings is 1. The third kappa shape index (κ3) is 2.98. The van der Waals surface area contributed by atoms with Gasteiger partial charge in [0.1, 0.15) is 5.69 Å². The molecule has 7 rings (SSSR count). The molecule has 2 aromatic heterocycles. The zero-order valence-electron chi connectivity index (χ0n) is 19.2. The minimum atomic E-state index is -0.382. The van der Waals surface area contributed by atoms with Crippen LogP contribution >= 0.6 is 0 Å². The highest BCUT2D eigenvalue weighted by molar-refractivity contribution is 6.01. The van der Waals surface area contributed by atoms with Gasteiger partial charge >= 0.3 is 0 Å². The van der Waals surface area contributed by atoms with E-state index in [-0.39, 0.29) is 27.6 Å². The number of allylic oxidation sites excluding steroid dienone is 2. The minimum Gasteiger partial charge on any atom is -0.436 e. The molecule has 8 nitrogen and oxygen atoms in total. The molecule has 1 spiro atoms. The monoisotopic (exact) mass is 468 g/mol. The Hall–Kier alpha value is -3.94. The summed E-state index contributed by atoms with van der Waals surface area (Å²) in [6.45, 7) is 0.639. The first-order valence-electron chi connectivity index (χ1n) is 12.3. The zero-order valence-corrected chi connectivity index (χ0v) is 19.2. The van der Waals surface area contributed by atoms with Crippen LogP contribution in [-0.2, 0) is 5.54 Å². The Kier molecular flexibility index (Phi) is 4.25. The van der Waals surface area contributed by atoms with Gasteiger partial charge in [-0.05, 0) is 80.3 Å². The number of carbonyl (C=O) groups is 1. The predicted octanol–water partition coefficient (Wildman–Crippen LogP) is 5.94. The maximum absolute atomic E-state index is 12.6. The summed E-state index contributed by atoms with van der Waals surface area (Å²) in [5, 5.41) is 15.9. The van der Waals surface area contributed by atoms with Crippen molar-refractivity contribution in [3.63, 3.8) is 0 Å². The molecule has 176 valence electrons. The number of fused-ring (bicyclic) bond motifs is 5. The Labute approximate surface area is 200 Å². The Bertz CT molecular complexity index is 1590. The van der Waals surface area contributed by atoms with E-state index in [0.717, 1.165) is 72.5 Å². The number of non-ortho nitro benzene ring substituents is 1. The maximum Gasteiger partial charge on any atom is 0.299 e. The number of hydrogen-bond donors (Lipinski definition) is 1. The number of aromatic nitrogens is 2. The molecule has 0 atom stereocenters. The van der Waals surface area contributed by atoms with Crippen LogP contribution in [0.15, 0.2) is 46.9 Å². The Balaban J connectivity index is 1.39. The third-order valence-corrected chi connectivity index (χ3v) is 7.95. The minimum absolute atomic E-state index is 0.0368. The molecule has 0 bridgehead atoms. The van der Waals surface area contributed by atoms with Crippen LogP contribution in [0.1, 0.15) is 61.0 Å². The number of nitrogens with zero attached hydrogens (tertiary/aromatic N) is 3. The van der Waals surface area contributed by atoms with Crippen LogP contribution in [0.3, 0.4) is 0 Å². The smallest absolute Gasteiger partial charge is 0.299 e. The van der Waals surface area contributed by atoms with E-state index in [0.29, 0.717) is 23.7 Å². The van der Waals surface area contributed by atoms with E-state index in [2.05, 4.69) is 20.9 Å². The number of nitrogens with one attached hydrogen (secondary N) is 1. The van der Waals surface area contributed by atoms with Crippen LogP contribution in [0.4, 0.5) is 5.69 Å².